The van der Waals surface area contributed by atoms with Crippen LogP contribution in [0.1, 0.15) is 30.9 Å². The molecule has 1 fully saturated rings. The molecule has 0 amide bonds. The molecular weight excluding hydrogens is 222 g/mol. The number of aliphatic hydroxyl groups is 1. The Labute approximate surface area is 108 Å². The second-order valence-corrected chi connectivity index (χ2v) is 5.07. The Morgan fingerprint density at radius 2 is 1.89 bits per heavy atom. The lowest BCUT2D eigenvalue weighted by atomic mass is 9.92. The Morgan fingerprint density at radius 3 is 2.72 bits per heavy atom. The maximum atomic E-state index is 10.6. The normalized spacial score (nSPS) is 21.9. The van der Waals surface area contributed by atoms with Gasteiger partial charge in [-0.1, -0.05) is 48.9 Å². The van der Waals surface area contributed by atoms with Crippen LogP contribution in [0.4, 0.5) is 0 Å². The van der Waals surface area contributed by atoms with Crippen molar-refractivity contribution in [3.8, 4) is 0 Å². The van der Waals surface area contributed by atoms with Crippen molar-refractivity contribution in [1.82, 2.24) is 5.32 Å². The summed E-state index contributed by atoms with van der Waals surface area (Å²) >= 11 is 0. The summed E-state index contributed by atoms with van der Waals surface area (Å²) < 4.78 is 0. The van der Waals surface area contributed by atoms with E-state index in [1.54, 1.807) is 0 Å². The second kappa shape index (κ2) is 5.09. The van der Waals surface area contributed by atoms with Crippen LogP contribution in [0.2, 0.25) is 0 Å². The average molecular weight is 241 g/mol. The first kappa shape index (κ1) is 11.7. The molecule has 0 bridgehead atoms. The summed E-state index contributed by atoms with van der Waals surface area (Å²) in [6.07, 6.45) is 3.08. The fourth-order valence-electron chi connectivity index (χ4n) is 2.87. The Kier molecular flexibility index (Phi) is 3.31. The Balaban J connectivity index is 1.97. The largest absolute Gasteiger partial charge is 0.387 e. The number of hydrogen-bond donors (Lipinski definition) is 2. The molecule has 1 aliphatic heterocycles. The van der Waals surface area contributed by atoms with Crippen LogP contribution in [0.25, 0.3) is 10.8 Å². The molecule has 3 rings (SSSR count). The van der Waals surface area contributed by atoms with Crippen molar-refractivity contribution < 1.29 is 5.11 Å². The van der Waals surface area contributed by atoms with Crippen molar-refractivity contribution in [3.63, 3.8) is 0 Å². The third-order valence-corrected chi connectivity index (χ3v) is 3.87. The number of benzene rings is 2. The van der Waals surface area contributed by atoms with Gasteiger partial charge in [-0.25, -0.2) is 0 Å². The predicted octanol–water partition coefficient (Wildman–Crippen LogP) is 3.02. The van der Waals surface area contributed by atoms with E-state index in [0.29, 0.717) is 0 Å². The highest BCUT2D eigenvalue weighted by Gasteiger charge is 2.23. The molecule has 2 atom stereocenters. The van der Waals surface area contributed by atoms with Gasteiger partial charge in [0.05, 0.1) is 6.10 Å². The summed E-state index contributed by atoms with van der Waals surface area (Å²) in [5, 5.41) is 16.4. The van der Waals surface area contributed by atoms with Gasteiger partial charge in [0, 0.05) is 6.04 Å². The number of hydrogen-bond acceptors (Lipinski definition) is 2. The Bertz CT molecular complexity index is 526. The van der Waals surface area contributed by atoms with Crippen molar-refractivity contribution in [3.05, 3.63) is 48.0 Å². The lowest BCUT2D eigenvalue weighted by Crippen LogP contribution is -2.38. The van der Waals surface area contributed by atoms with Gasteiger partial charge in [0.1, 0.15) is 0 Å². The smallest absolute Gasteiger partial charge is 0.0948 e. The van der Waals surface area contributed by atoms with E-state index in [-0.39, 0.29) is 6.04 Å². The molecule has 2 aromatic carbocycles. The quantitative estimate of drug-likeness (QED) is 0.847. The second-order valence-electron chi connectivity index (χ2n) is 5.07. The zero-order chi connectivity index (χ0) is 12.4. The van der Waals surface area contributed by atoms with Gasteiger partial charge in [-0.3, -0.25) is 0 Å². The van der Waals surface area contributed by atoms with Gasteiger partial charge in [-0.2, -0.15) is 0 Å². The first-order chi connectivity index (χ1) is 8.86. The third-order valence-electron chi connectivity index (χ3n) is 3.87. The van der Waals surface area contributed by atoms with Crippen LogP contribution < -0.4 is 5.32 Å². The molecule has 2 N–H and O–H groups in total. The molecule has 94 valence electrons. The van der Waals surface area contributed by atoms with Gasteiger partial charge >= 0.3 is 0 Å². The summed E-state index contributed by atoms with van der Waals surface area (Å²) in [6.45, 7) is 1.02. The number of fused-ring (bicyclic) bond motifs is 1. The number of piperidine rings is 1. The summed E-state index contributed by atoms with van der Waals surface area (Å²) in [4.78, 5) is 0. The number of nitrogens with one attached hydrogen (secondary N) is 1. The summed E-state index contributed by atoms with van der Waals surface area (Å²) in [5.41, 5.74) is 1.05. The highest BCUT2D eigenvalue weighted by molar-refractivity contribution is 5.86. The first-order valence-electron chi connectivity index (χ1n) is 6.75. The van der Waals surface area contributed by atoms with Gasteiger partial charge in [0.25, 0.3) is 0 Å². The van der Waals surface area contributed by atoms with Crippen molar-refractivity contribution in [2.75, 3.05) is 6.54 Å². The minimum atomic E-state index is -0.406. The fourth-order valence-corrected chi connectivity index (χ4v) is 2.87. The molecule has 0 spiro atoms. The van der Waals surface area contributed by atoms with E-state index < -0.39 is 6.10 Å². The van der Waals surface area contributed by atoms with Crippen LogP contribution >= 0.6 is 0 Å². The van der Waals surface area contributed by atoms with Gasteiger partial charge in [0.15, 0.2) is 0 Å². The molecule has 1 saturated heterocycles. The molecular formula is C16H19NO. The highest BCUT2D eigenvalue weighted by Crippen LogP contribution is 2.28. The minimum absolute atomic E-state index is 0.199. The maximum Gasteiger partial charge on any atom is 0.0948 e. The van der Waals surface area contributed by atoms with Crippen molar-refractivity contribution in [1.29, 1.82) is 0 Å². The molecule has 0 saturated carbocycles. The van der Waals surface area contributed by atoms with Crippen molar-refractivity contribution in [2.45, 2.75) is 31.4 Å². The highest BCUT2D eigenvalue weighted by atomic mass is 16.3. The monoisotopic (exact) mass is 241 g/mol. The molecule has 0 unspecified atom stereocenters. The molecule has 2 nitrogen and oxygen atoms in total. The number of rotatable bonds is 2. The Hall–Kier alpha value is -1.38. The molecule has 0 radical (unpaired) electrons. The lowest BCUT2D eigenvalue weighted by Gasteiger charge is -2.28. The SMILES string of the molecule is O[C@H](c1cccc2ccccc12)[C@H]1CCCCN1. The lowest BCUT2D eigenvalue weighted by molar-refractivity contribution is 0.115. The van der Waals surface area contributed by atoms with E-state index >= 15 is 0 Å². The topological polar surface area (TPSA) is 32.3 Å². The molecule has 0 aliphatic carbocycles. The average Bonchev–Trinajstić information content (AvgIpc) is 2.47. The summed E-state index contributed by atoms with van der Waals surface area (Å²) in [7, 11) is 0. The molecule has 2 aromatic rings. The van der Waals surface area contributed by atoms with E-state index in [4.69, 9.17) is 0 Å². The molecule has 1 heterocycles. The first-order valence-corrected chi connectivity index (χ1v) is 6.75. The van der Waals surface area contributed by atoms with Gasteiger partial charge < -0.3 is 10.4 Å². The molecule has 1 aliphatic rings. The zero-order valence-corrected chi connectivity index (χ0v) is 10.5. The van der Waals surface area contributed by atoms with E-state index in [1.165, 1.54) is 23.6 Å². The zero-order valence-electron chi connectivity index (χ0n) is 10.5. The molecule has 0 aromatic heterocycles. The van der Waals surface area contributed by atoms with Crippen molar-refractivity contribution in [2.24, 2.45) is 0 Å². The van der Waals surface area contributed by atoms with E-state index in [9.17, 15) is 5.11 Å². The summed E-state index contributed by atoms with van der Waals surface area (Å²) in [6, 6.07) is 14.6. The summed E-state index contributed by atoms with van der Waals surface area (Å²) in [5.74, 6) is 0. The Morgan fingerprint density at radius 1 is 1.06 bits per heavy atom. The van der Waals surface area contributed by atoms with Crippen LogP contribution in [0, 0.1) is 0 Å². The van der Waals surface area contributed by atoms with E-state index in [2.05, 4.69) is 23.5 Å². The van der Waals surface area contributed by atoms with Crippen LogP contribution in [0.15, 0.2) is 42.5 Å². The van der Waals surface area contributed by atoms with Crippen LogP contribution in [0.3, 0.4) is 0 Å². The molecule has 2 heteroatoms. The maximum absolute atomic E-state index is 10.6. The standard InChI is InChI=1S/C16H19NO/c18-16(15-10-3-4-11-17-15)14-9-5-7-12-6-1-2-8-13(12)14/h1-2,5-9,15-18H,3-4,10-11H2/t15-,16-/m1/s1. The van der Waals surface area contributed by atoms with Gasteiger partial charge in [-0.05, 0) is 35.7 Å². The van der Waals surface area contributed by atoms with Gasteiger partial charge in [0.2, 0.25) is 0 Å². The van der Waals surface area contributed by atoms with Crippen molar-refractivity contribution >= 4 is 10.8 Å². The third kappa shape index (κ3) is 2.14. The fraction of sp³-hybridized carbons (Fsp3) is 0.375. The predicted molar refractivity (Wildman–Crippen MR) is 74.5 cm³/mol. The minimum Gasteiger partial charge on any atom is -0.387 e. The van der Waals surface area contributed by atoms with E-state index in [0.717, 1.165) is 18.5 Å². The van der Waals surface area contributed by atoms with Crippen LogP contribution in [0.5, 0.6) is 0 Å². The van der Waals surface area contributed by atoms with E-state index in [1.807, 2.05) is 24.3 Å². The molecule has 18 heavy (non-hydrogen) atoms. The van der Waals surface area contributed by atoms with Crippen LogP contribution in [-0.2, 0) is 0 Å². The van der Waals surface area contributed by atoms with Gasteiger partial charge in [-0.15, -0.1) is 0 Å². The number of aliphatic hydroxyl groups excluding tert-OH is 1. The van der Waals surface area contributed by atoms with Crippen LogP contribution in [-0.4, -0.2) is 17.7 Å².